The van der Waals surface area contributed by atoms with Crippen LogP contribution in [-0.2, 0) is 19.1 Å². The molecule has 0 saturated carbocycles. The van der Waals surface area contributed by atoms with E-state index in [9.17, 15) is 14.7 Å². The summed E-state index contributed by atoms with van der Waals surface area (Å²) in [5, 5.41) is 9.60. The highest BCUT2D eigenvalue weighted by Gasteiger charge is 2.16. The first-order chi connectivity index (χ1) is 26.1. The van der Waals surface area contributed by atoms with E-state index in [1.165, 1.54) is 205 Å². The van der Waals surface area contributed by atoms with Gasteiger partial charge in [-0.2, -0.15) is 0 Å². The second-order valence-corrected chi connectivity index (χ2v) is 16.2. The van der Waals surface area contributed by atoms with Gasteiger partial charge in [0, 0.05) is 12.8 Å². The maximum atomic E-state index is 12.2. The van der Waals surface area contributed by atoms with Gasteiger partial charge < -0.3 is 14.6 Å². The fourth-order valence-corrected chi connectivity index (χ4v) is 7.20. The van der Waals surface area contributed by atoms with Crippen molar-refractivity contribution in [2.75, 3.05) is 13.2 Å². The Balaban J connectivity index is 3.46. The minimum absolute atomic E-state index is 0.0598. The number of aliphatic hydroxyl groups is 1. The molecule has 0 heterocycles. The monoisotopic (exact) mass is 749 g/mol. The van der Waals surface area contributed by atoms with Crippen LogP contribution in [0.25, 0.3) is 0 Å². The Morgan fingerprint density at radius 3 is 1.02 bits per heavy atom. The van der Waals surface area contributed by atoms with Gasteiger partial charge in [0.1, 0.15) is 6.61 Å². The molecule has 0 fully saturated rings. The molecular weight excluding hydrogens is 657 g/mol. The molecule has 5 heteroatoms. The summed E-state index contributed by atoms with van der Waals surface area (Å²) in [4.78, 5) is 24.4. The van der Waals surface area contributed by atoms with Crippen LogP contribution < -0.4 is 0 Å². The summed E-state index contributed by atoms with van der Waals surface area (Å²) in [7, 11) is 0. The number of ether oxygens (including phenoxy) is 2. The number of rotatable bonds is 44. The lowest BCUT2D eigenvalue weighted by atomic mass is 10.0. The molecule has 0 amide bonds. The third-order valence-electron chi connectivity index (χ3n) is 10.8. The van der Waals surface area contributed by atoms with Crippen molar-refractivity contribution in [3.8, 4) is 0 Å². The fourth-order valence-electron chi connectivity index (χ4n) is 7.20. The molecule has 53 heavy (non-hydrogen) atoms. The summed E-state index contributed by atoms with van der Waals surface area (Å²) >= 11 is 0. The standard InChI is InChI=1S/C48H92O5/c1-3-5-7-9-11-13-15-17-19-21-23-25-26-28-30-32-34-36-38-40-42-47(50)52-45-46(44-49)53-48(51)43-41-39-37-35-33-31-29-27-24-22-20-18-16-14-12-10-8-6-4-2/h18,20,46,49H,3-17,19,21-45H2,1-2H3/b20-18-. The molecule has 1 atom stereocenters. The Morgan fingerprint density at radius 2 is 0.698 bits per heavy atom. The van der Waals surface area contributed by atoms with E-state index in [0.717, 1.165) is 32.1 Å². The Morgan fingerprint density at radius 1 is 0.415 bits per heavy atom. The van der Waals surface area contributed by atoms with E-state index in [1.807, 2.05) is 0 Å². The first kappa shape index (κ1) is 51.6. The molecule has 0 aromatic heterocycles. The number of hydrogen-bond acceptors (Lipinski definition) is 5. The molecule has 0 aromatic carbocycles. The van der Waals surface area contributed by atoms with Crippen LogP contribution in [0.15, 0.2) is 12.2 Å². The second kappa shape index (κ2) is 45.0. The molecule has 314 valence electrons. The van der Waals surface area contributed by atoms with Gasteiger partial charge in [-0.3, -0.25) is 9.59 Å². The van der Waals surface area contributed by atoms with Crippen molar-refractivity contribution in [2.45, 2.75) is 270 Å². The lowest BCUT2D eigenvalue weighted by Gasteiger charge is -2.15. The highest BCUT2D eigenvalue weighted by molar-refractivity contribution is 5.70. The quantitative estimate of drug-likeness (QED) is 0.0381. The molecule has 0 rings (SSSR count). The van der Waals surface area contributed by atoms with Gasteiger partial charge in [-0.25, -0.2) is 0 Å². The molecule has 0 bridgehead atoms. The highest BCUT2D eigenvalue weighted by Crippen LogP contribution is 2.16. The average Bonchev–Trinajstić information content (AvgIpc) is 3.16. The van der Waals surface area contributed by atoms with Crippen molar-refractivity contribution in [1.29, 1.82) is 0 Å². The molecule has 1 unspecified atom stereocenters. The van der Waals surface area contributed by atoms with E-state index < -0.39 is 6.10 Å². The number of hydrogen-bond donors (Lipinski definition) is 1. The Labute approximate surface area is 331 Å². The first-order valence-corrected chi connectivity index (χ1v) is 23.7. The molecule has 0 saturated heterocycles. The van der Waals surface area contributed by atoms with Gasteiger partial charge in [0.25, 0.3) is 0 Å². The lowest BCUT2D eigenvalue weighted by Crippen LogP contribution is -2.28. The first-order valence-electron chi connectivity index (χ1n) is 23.7. The van der Waals surface area contributed by atoms with Gasteiger partial charge in [0.05, 0.1) is 6.61 Å². The lowest BCUT2D eigenvalue weighted by molar-refractivity contribution is -0.161. The summed E-state index contributed by atoms with van der Waals surface area (Å²) in [6, 6.07) is 0. The number of carbonyl (C=O) groups excluding carboxylic acids is 2. The van der Waals surface area contributed by atoms with Crippen LogP contribution >= 0.6 is 0 Å². The largest absolute Gasteiger partial charge is 0.462 e. The Bertz CT molecular complexity index is 765. The molecule has 0 aliphatic carbocycles. The second-order valence-electron chi connectivity index (χ2n) is 16.2. The molecule has 0 aliphatic rings. The van der Waals surface area contributed by atoms with Gasteiger partial charge in [-0.15, -0.1) is 0 Å². The van der Waals surface area contributed by atoms with Crippen LogP contribution in [0.2, 0.25) is 0 Å². The van der Waals surface area contributed by atoms with Crippen molar-refractivity contribution in [2.24, 2.45) is 0 Å². The van der Waals surface area contributed by atoms with E-state index in [0.29, 0.717) is 12.8 Å². The third kappa shape index (κ3) is 43.2. The molecule has 5 nitrogen and oxygen atoms in total. The zero-order chi connectivity index (χ0) is 38.6. The van der Waals surface area contributed by atoms with Crippen LogP contribution in [0, 0.1) is 0 Å². The minimum atomic E-state index is -0.767. The predicted octanol–water partition coefficient (Wildman–Crippen LogP) is 15.2. The third-order valence-corrected chi connectivity index (χ3v) is 10.8. The number of allylic oxidation sites excluding steroid dienone is 2. The predicted molar refractivity (Wildman–Crippen MR) is 228 cm³/mol. The van der Waals surface area contributed by atoms with Gasteiger partial charge >= 0.3 is 11.9 Å². The van der Waals surface area contributed by atoms with Gasteiger partial charge in [-0.05, 0) is 38.5 Å². The number of unbranched alkanes of at least 4 members (excludes halogenated alkanes) is 34. The number of carbonyl (C=O) groups is 2. The van der Waals surface area contributed by atoms with Gasteiger partial charge in [0.15, 0.2) is 6.10 Å². The topological polar surface area (TPSA) is 72.8 Å². The maximum absolute atomic E-state index is 12.2. The van der Waals surface area contributed by atoms with Crippen molar-refractivity contribution in [3.05, 3.63) is 12.2 Å². The maximum Gasteiger partial charge on any atom is 0.306 e. The van der Waals surface area contributed by atoms with E-state index in [2.05, 4.69) is 26.0 Å². The highest BCUT2D eigenvalue weighted by atomic mass is 16.6. The summed E-state index contributed by atoms with van der Waals surface area (Å²) in [5.74, 6) is -0.576. The summed E-state index contributed by atoms with van der Waals surface area (Å²) in [6.07, 6.45) is 52.9. The van der Waals surface area contributed by atoms with E-state index in [4.69, 9.17) is 9.47 Å². The van der Waals surface area contributed by atoms with Gasteiger partial charge in [0.2, 0.25) is 0 Å². The molecule has 0 aliphatic heterocycles. The van der Waals surface area contributed by atoms with E-state index in [-0.39, 0.29) is 25.2 Å². The van der Waals surface area contributed by atoms with Crippen molar-refractivity contribution in [1.82, 2.24) is 0 Å². The number of esters is 2. The number of aliphatic hydroxyl groups excluding tert-OH is 1. The van der Waals surface area contributed by atoms with Crippen molar-refractivity contribution in [3.63, 3.8) is 0 Å². The normalized spacial score (nSPS) is 12.1. The van der Waals surface area contributed by atoms with E-state index in [1.54, 1.807) is 0 Å². The van der Waals surface area contributed by atoms with Crippen LogP contribution in [0.3, 0.4) is 0 Å². The summed E-state index contributed by atoms with van der Waals surface area (Å²) < 4.78 is 10.7. The fraction of sp³-hybridized carbons (Fsp3) is 0.917. The minimum Gasteiger partial charge on any atom is -0.462 e. The van der Waals surface area contributed by atoms with Crippen LogP contribution in [0.4, 0.5) is 0 Å². The Kier molecular flexibility index (Phi) is 43.9. The molecule has 0 radical (unpaired) electrons. The van der Waals surface area contributed by atoms with Gasteiger partial charge in [-0.1, -0.05) is 225 Å². The zero-order valence-corrected chi connectivity index (χ0v) is 35.8. The Hall–Kier alpha value is -1.36. The van der Waals surface area contributed by atoms with Crippen LogP contribution in [0.1, 0.15) is 264 Å². The molecule has 0 spiro atoms. The molecule has 0 aromatic rings. The van der Waals surface area contributed by atoms with E-state index >= 15 is 0 Å². The zero-order valence-electron chi connectivity index (χ0n) is 35.8. The molecular formula is C48H92O5. The average molecular weight is 749 g/mol. The SMILES string of the molecule is CCCCCCCC/C=C\CCCCCCCCCCCC(=O)OC(CO)COC(=O)CCCCCCCCCCCCCCCCCCCCCC. The van der Waals surface area contributed by atoms with Crippen molar-refractivity contribution >= 4 is 11.9 Å². The summed E-state index contributed by atoms with van der Waals surface area (Å²) in [6.45, 7) is 4.17. The van der Waals surface area contributed by atoms with Crippen LogP contribution in [-0.4, -0.2) is 36.4 Å². The smallest absolute Gasteiger partial charge is 0.306 e. The summed E-state index contributed by atoms with van der Waals surface area (Å²) in [5.41, 5.74) is 0. The molecule has 1 N–H and O–H groups in total. The van der Waals surface area contributed by atoms with Crippen molar-refractivity contribution < 1.29 is 24.2 Å². The van der Waals surface area contributed by atoms with Crippen LogP contribution in [0.5, 0.6) is 0 Å².